The highest BCUT2D eigenvalue weighted by atomic mass is 32.1. The topological polar surface area (TPSA) is 84.2 Å². The lowest BCUT2D eigenvalue weighted by atomic mass is 9.99. The van der Waals surface area contributed by atoms with Gasteiger partial charge in [-0.05, 0) is 28.5 Å². The largest absolute Gasteiger partial charge is 0.354 e. The van der Waals surface area contributed by atoms with Crippen LogP contribution in [0.3, 0.4) is 0 Å². The molecule has 1 aromatic carbocycles. The van der Waals surface area contributed by atoms with Crippen LogP contribution in [0.1, 0.15) is 53.7 Å². The number of rotatable bonds is 8. The lowest BCUT2D eigenvalue weighted by Crippen LogP contribution is -2.34. The maximum atomic E-state index is 11.9. The van der Waals surface area contributed by atoms with Gasteiger partial charge in [-0.15, -0.1) is 0 Å². The molecule has 0 aliphatic carbocycles. The second kappa shape index (κ2) is 9.34. The molecule has 6 heteroatoms. The highest BCUT2D eigenvalue weighted by Crippen LogP contribution is 2.17. The Morgan fingerprint density at radius 1 is 1.08 bits per heavy atom. The van der Waals surface area contributed by atoms with Gasteiger partial charge in [-0.25, -0.2) is 0 Å². The molecular formula is C19H25N3O2S. The number of carbonyl (C=O) groups excluding carboxylic acids is 2. The second-order valence-corrected chi connectivity index (χ2v) is 7.03. The fraction of sp³-hybridized carbons (Fsp3) is 0.368. The summed E-state index contributed by atoms with van der Waals surface area (Å²) in [5, 5.41) is 9.16. The summed E-state index contributed by atoms with van der Waals surface area (Å²) in [6, 6.07) is 9.67. The van der Waals surface area contributed by atoms with E-state index in [1.807, 2.05) is 17.5 Å². The Morgan fingerprint density at radius 3 is 2.36 bits per heavy atom. The fourth-order valence-electron chi connectivity index (χ4n) is 2.34. The van der Waals surface area contributed by atoms with Crippen LogP contribution in [0.5, 0.6) is 0 Å². The van der Waals surface area contributed by atoms with E-state index < -0.39 is 0 Å². The van der Waals surface area contributed by atoms with Gasteiger partial charge in [-0.1, -0.05) is 38.1 Å². The van der Waals surface area contributed by atoms with E-state index in [1.54, 1.807) is 11.4 Å². The van der Waals surface area contributed by atoms with Crippen LogP contribution in [0, 0.1) is 0 Å². The number of thiophene rings is 1. The third-order valence-corrected chi connectivity index (χ3v) is 4.65. The standard InChI is InChI=1S/C19H25N3O2S/c1-13(2)14-3-5-15(6-4-14)17(20)11-22-18(23)7-9-21-19(24)16-8-10-25-12-16/h3-6,8,10,12-13,17H,7,9,11,20H2,1-2H3,(H,21,24)(H,22,23). The van der Waals surface area contributed by atoms with Crippen LogP contribution in [-0.4, -0.2) is 24.9 Å². The molecule has 0 spiro atoms. The van der Waals surface area contributed by atoms with Gasteiger partial charge < -0.3 is 16.4 Å². The molecule has 0 bridgehead atoms. The van der Waals surface area contributed by atoms with Crippen molar-refractivity contribution in [3.63, 3.8) is 0 Å². The van der Waals surface area contributed by atoms with Crippen LogP contribution in [0.2, 0.25) is 0 Å². The van der Waals surface area contributed by atoms with Crippen molar-refractivity contribution in [3.8, 4) is 0 Å². The first kappa shape index (κ1) is 19.1. The van der Waals surface area contributed by atoms with Crippen LogP contribution in [0.25, 0.3) is 0 Å². The highest BCUT2D eigenvalue weighted by molar-refractivity contribution is 7.08. The predicted octanol–water partition coefficient (Wildman–Crippen LogP) is 2.81. The average molecular weight is 359 g/mol. The molecule has 0 aliphatic heterocycles. The van der Waals surface area contributed by atoms with Crippen molar-refractivity contribution in [1.82, 2.24) is 10.6 Å². The molecule has 4 N–H and O–H groups in total. The van der Waals surface area contributed by atoms with Gasteiger partial charge in [-0.2, -0.15) is 11.3 Å². The number of hydrogen-bond donors (Lipinski definition) is 3. The molecule has 0 saturated carbocycles. The molecule has 1 aromatic heterocycles. The first-order valence-corrected chi connectivity index (χ1v) is 9.34. The third kappa shape index (κ3) is 5.99. The molecule has 0 saturated heterocycles. The summed E-state index contributed by atoms with van der Waals surface area (Å²) in [5.74, 6) is 0.199. The number of nitrogens with two attached hydrogens (primary N) is 1. The average Bonchev–Trinajstić information content (AvgIpc) is 3.14. The molecule has 2 rings (SSSR count). The van der Waals surface area contributed by atoms with Crippen molar-refractivity contribution in [2.24, 2.45) is 5.73 Å². The Balaban J connectivity index is 1.69. The summed E-state index contributed by atoms with van der Waals surface area (Å²) in [5.41, 5.74) is 9.01. The smallest absolute Gasteiger partial charge is 0.252 e. The maximum absolute atomic E-state index is 11.9. The molecule has 5 nitrogen and oxygen atoms in total. The minimum atomic E-state index is -0.245. The van der Waals surface area contributed by atoms with Gasteiger partial charge in [0.15, 0.2) is 0 Å². The van der Waals surface area contributed by atoms with E-state index in [9.17, 15) is 9.59 Å². The summed E-state index contributed by atoms with van der Waals surface area (Å²) in [6.07, 6.45) is 0.231. The van der Waals surface area contributed by atoms with Crippen LogP contribution in [-0.2, 0) is 4.79 Å². The summed E-state index contributed by atoms with van der Waals surface area (Å²) in [6.45, 7) is 4.97. The number of nitrogens with one attached hydrogen (secondary N) is 2. The van der Waals surface area contributed by atoms with Gasteiger partial charge in [-0.3, -0.25) is 9.59 Å². The van der Waals surface area contributed by atoms with Gasteiger partial charge in [0.25, 0.3) is 5.91 Å². The van der Waals surface area contributed by atoms with E-state index in [0.29, 0.717) is 24.6 Å². The highest BCUT2D eigenvalue weighted by Gasteiger charge is 2.10. The minimum Gasteiger partial charge on any atom is -0.354 e. The Morgan fingerprint density at radius 2 is 1.76 bits per heavy atom. The molecule has 0 fully saturated rings. The molecular weight excluding hydrogens is 334 g/mol. The second-order valence-electron chi connectivity index (χ2n) is 6.25. The quantitative estimate of drug-likeness (QED) is 0.677. The first-order valence-electron chi connectivity index (χ1n) is 8.40. The van der Waals surface area contributed by atoms with Crippen LogP contribution >= 0.6 is 11.3 Å². The molecule has 25 heavy (non-hydrogen) atoms. The first-order chi connectivity index (χ1) is 12.0. The van der Waals surface area contributed by atoms with Crippen molar-refractivity contribution >= 4 is 23.2 Å². The van der Waals surface area contributed by atoms with Gasteiger partial charge in [0.2, 0.25) is 5.91 Å². The van der Waals surface area contributed by atoms with Crippen molar-refractivity contribution in [2.45, 2.75) is 32.2 Å². The van der Waals surface area contributed by atoms with Crippen LogP contribution in [0.4, 0.5) is 0 Å². The Labute approximate surface area is 152 Å². The molecule has 2 aromatic rings. The van der Waals surface area contributed by atoms with Gasteiger partial charge in [0, 0.05) is 36.5 Å². The number of carbonyl (C=O) groups is 2. The van der Waals surface area contributed by atoms with E-state index in [4.69, 9.17) is 5.73 Å². The predicted molar refractivity (Wildman–Crippen MR) is 102 cm³/mol. The van der Waals surface area contributed by atoms with E-state index >= 15 is 0 Å². The molecule has 2 amide bonds. The third-order valence-electron chi connectivity index (χ3n) is 3.97. The SMILES string of the molecule is CC(C)c1ccc(C(N)CNC(=O)CCNC(=O)c2ccsc2)cc1. The summed E-state index contributed by atoms with van der Waals surface area (Å²) in [4.78, 5) is 23.6. The summed E-state index contributed by atoms with van der Waals surface area (Å²) in [7, 11) is 0. The normalized spacial score (nSPS) is 12.0. The lowest BCUT2D eigenvalue weighted by Gasteiger charge is -2.14. The van der Waals surface area contributed by atoms with E-state index in [0.717, 1.165) is 5.56 Å². The zero-order valence-electron chi connectivity index (χ0n) is 14.6. The zero-order chi connectivity index (χ0) is 18.2. The Bertz CT molecular complexity index is 681. The number of hydrogen-bond acceptors (Lipinski definition) is 4. The van der Waals surface area contributed by atoms with Gasteiger partial charge >= 0.3 is 0 Å². The monoisotopic (exact) mass is 359 g/mol. The molecule has 134 valence electrons. The lowest BCUT2D eigenvalue weighted by molar-refractivity contribution is -0.121. The van der Waals surface area contributed by atoms with Crippen molar-refractivity contribution < 1.29 is 9.59 Å². The molecule has 1 unspecified atom stereocenters. The van der Waals surface area contributed by atoms with Crippen LogP contribution in [0.15, 0.2) is 41.1 Å². The fourth-order valence-corrected chi connectivity index (χ4v) is 2.98. The number of amides is 2. The summed E-state index contributed by atoms with van der Waals surface area (Å²) >= 11 is 1.47. The van der Waals surface area contributed by atoms with Crippen molar-refractivity contribution in [1.29, 1.82) is 0 Å². The van der Waals surface area contributed by atoms with Crippen molar-refractivity contribution in [2.75, 3.05) is 13.1 Å². The van der Waals surface area contributed by atoms with E-state index in [-0.39, 0.29) is 24.3 Å². The molecule has 0 radical (unpaired) electrons. The Kier molecular flexibility index (Phi) is 7.16. The van der Waals surface area contributed by atoms with Crippen molar-refractivity contribution in [3.05, 3.63) is 57.8 Å². The molecule has 0 aliphatic rings. The Hall–Kier alpha value is -2.18. The number of benzene rings is 1. The van der Waals surface area contributed by atoms with Gasteiger partial charge in [0.1, 0.15) is 0 Å². The van der Waals surface area contributed by atoms with E-state index in [1.165, 1.54) is 16.9 Å². The maximum Gasteiger partial charge on any atom is 0.252 e. The van der Waals surface area contributed by atoms with E-state index in [2.05, 4.69) is 36.6 Å². The summed E-state index contributed by atoms with van der Waals surface area (Å²) < 4.78 is 0. The van der Waals surface area contributed by atoms with Crippen LogP contribution < -0.4 is 16.4 Å². The van der Waals surface area contributed by atoms with Gasteiger partial charge in [0.05, 0.1) is 0 Å². The molecule has 1 heterocycles. The minimum absolute atomic E-state index is 0.125. The zero-order valence-corrected chi connectivity index (χ0v) is 15.4. The molecule has 1 atom stereocenters.